The van der Waals surface area contributed by atoms with Crippen LogP contribution < -0.4 is 15.8 Å². The number of halogens is 1. The number of anilines is 2. The van der Waals surface area contributed by atoms with Gasteiger partial charge in [0, 0.05) is 11.9 Å². The second-order valence-electron chi connectivity index (χ2n) is 6.00. The summed E-state index contributed by atoms with van der Waals surface area (Å²) in [4.78, 5) is 8.33. The maximum Gasteiger partial charge on any atom is 0.248 e. The molecule has 0 aliphatic heterocycles. The normalized spacial score (nSPS) is 10.7. The average Bonchev–Trinajstić information content (AvgIpc) is 2.70. The van der Waals surface area contributed by atoms with E-state index in [0.29, 0.717) is 23.8 Å². The molecule has 5 nitrogen and oxygen atoms in total. The third-order valence-corrected chi connectivity index (χ3v) is 4.18. The largest absolute Gasteiger partial charge is 0.436 e. The van der Waals surface area contributed by atoms with Gasteiger partial charge in [-0.2, -0.15) is 4.98 Å². The van der Waals surface area contributed by atoms with E-state index in [1.165, 1.54) is 18.5 Å². The van der Waals surface area contributed by atoms with Gasteiger partial charge >= 0.3 is 0 Å². The van der Waals surface area contributed by atoms with E-state index < -0.39 is 0 Å². The number of aromatic nitrogens is 2. The number of rotatable bonds is 5. The minimum Gasteiger partial charge on any atom is -0.436 e. The molecule has 0 aliphatic rings. The number of nitrogen functional groups attached to an aromatic ring is 1. The Labute approximate surface area is 155 Å². The second-order valence-corrected chi connectivity index (χ2v) is 6.00. The molecule has 0 bridgehead atoms. The molecule has 1 heterocycles. The quantitative estimate of drug-likeness (QED) is 0.537. The molecule has 6 heteroatoms. The molecule has 4 rings (SSSR count). The van der Waals surface area contributed by atoms with Gasteiger partial charge in [0.25, 0.3) is 0 Å². The first-order chi connectivity index (χ1) is 13.2. The summed E-state index contributed by atoms with van der Waals surface area (Å²) in [5, 5.41) is 5.17. The minimum atomic E-state index is -0.272. The van der Waals surface area contributed by atoms with E-state index in [9.17, 15) is 4.39 Å². The van der Waals surface area contributed by atoms with Gasteiger partial charge in [0.2, 0.25) is 5.88 Å². The third-order valence-electron chi connectivity index (χ3n) is 4.18. The molecule has 0 radical (unpaired) electrons. The number of hydrogen-bond acceptors (Lipinski definition) is 5. The Morgan fingerprint density at radius 1 is 0.926 bits per heavy atom. The second kappa shape index (κ2) is 7.29. The molecule has 134 valence electrons. The van der Waals surface area contributed by atoms with Crippen LogP contribution >= 0.6 is 0 Å². The highest BCUT2D eigenvalue weighted by Crippen LogP contribution is 2.33. The van der Waals surface area contributed by atoms with Crippen LogP contribution in [-0.2, 0) is 6.54 Å². The molecule has 0 fully saturated rings. The Morgan fingerprint density at radius 3 is 2.56 bits per heavy atom. The van der Waals surface area contributed by atoms with Crippen molar-refractivity contribution in [1.29, 1.82) is 0 Å². The zero-order chi connectivity index (χ0) is 18.6. The van der Waals surface area contributed by atoms with E-state index in [1.54, 1.807) is 12.1 Å². The Kier molecular flexibility index (Phi) is 4.53. The summed E-state index contributed by atoms with van der Waals surface area (Å²) < 4.78 is 19.0. The standard InChI is InChI=1S/C21H17FN4O/c22-16-10-8-14(9-11-16)12-24-20-19(23)21(26-13-25-20)27-18-7-3-5-15-4-1-2-6-17(15)18/h1-11,13H,12,23H2,(H,24,25,26). The van der Waals surface area contributed by atoms with Gasteiger partial charge in [-0.05, 0) is 29.1 Å². The number of nitrogens with zero attached hydrogens (tertiary/aromatic N) is 2. The van der Waals surface area contributed by atoms with Crippen LogP contribution in [0.1, 0.15) is 5.56 Å². The van der Waals surface area contributed by atoms with Crippen molar-refractivity contribution in [2.24, 2.45) is 0 Å². The van der Waals surface area contributed by atoms with Crippen LogP contribution in [0.4, 0.5) is 15.9 Å². The van der Waals surface area contributed by atoms with Crippen LogP contribution in [0.5, 0.6) is 11.6 Å². The van der Waals surface area contributed by atoms with E-state index in [0.717, 1.165) is 16.3 Å². The smallest absolute Gasteiger partial charge is 0.248 e. The lowest BCUT2D eigenvalue weighted by Crippen LogP contribution is -2.06. The summed E-state index contributed by atoms with van der Waals surface area (Å²) >= 11 is 0. The highest BCUT2D eigenvalue weighted by Gasteiger charge is 2.12. The lowest BCUT2D eigenvalue weighted by Gasteiger charge is -2.13. The van der Waals surface area contributed by atoms with Crippen LogP contribution in [0.15, 0.2) is 73.1 Å². The summed E-state index contributed by atoms with van der Waals surface area (Å²) in [6.45, 7) is 0.454. The van der Waals surface area contributed by atoms with E-state index >= 15 is 0 Å². The summed E-state index contributed by atoms with van der Waals surface area (Å²) in [7, 11) is 0. The fourth-order valence-corrected chi connectivity index (χ4v) is 2.78. The fourth-order valence-electron chi connectivity index (χ4n) is 2.78. The van der Waals surface area contributed by atoms with Crippen molar-refractivity contribution < 1.29 is 9.13 Å². The Morgan fingerprint density at radius 2 is 1.70 bits per heavy atom. The van der Waals surface area contributed by atoms with Crippen molar-refractivity contribution in [3.8, 4) is 11.6 Å². The molecular weight excluding hydrogens is 343 g/mol. The predicted molar refractivity (Wildman–Crippen MR) is 104 cm³/mol. The zero-order valence-electron chi connectivity index (χ0n) is 14.4. The molecule has 0 aliphatic carbocycles. The molecule has 0 amide bonds. The monoisotopic (exact) mass is 360 g/mol. The first-order valence-corrected chi connectivity index (χ1v) is 8.45. The van der Waals surface area contributed by atoms with Gasteiger partial charge in [0.15, 0.2) is 5.82 Å². The number of benzene rings is 3. The van der Waals surface area contributed by atoms with E-state index in [1.807, 2.05) is 42.5 Å². The third kappa shape index (κ3) is 3.64. The van der Waals surface area contributed by atoms with Crippen LogP contribution in [0, 0.1) is 5.82 Å². The van der Waals surface area contributed by atoms with Gasteiger partial charge in [0.1, 0.15) is 23.6 Å². The van der Waals surface area contributed by atoms with Crippen LogP contribution in [0.3, 0.4) is 0 Å². The van der Waals surface area contributed by atoms with Gasteiger partial charge in [-0.3, -0.25) is 0 Å². The molecule has 0 saturated heterocycles. The number of nitrogens with one attached hydrogen (secondary N) is 1. The van der Waals surface area contributed by atoms with E-state index in [-0.39, 0.29) is 11.7 Å². The van der Waals surface area contributed by atoms with Gasteiger partial charge in [0.05, 0.1) is 0 Å². The average molecular weight is 360 g/mol. The van der Waals surface area contributed by atoms with Crippen LogP contribution in [-0.4, -0.2) is 9.97 Å². The summed E-state index contributed by atoms with van der Waals surface area (Å²) in [6, 6.07) is 20.0. The number of ether oxygens (including phenoxy) is 1. The van der Waals surface area contributed by atoms with Gasteiger partial charge in [-0.1, -0.05) is 48.5 Å². The lowest BCUT2D eigenvalue weighted by atomic mass is 10.1. The number of hydrogen-bond donors (Lipinski definition) is 2. The molecule has 0 spiro atoms. The van der Waals surface area contributed by atoms with Crippen molar-refractivity contribution in [2.45, 2.75) is 6.54 Å². The van der Waals surface area contributed by atoms with Crippen LogP contribution in [0.2, 0.25) is 0 Å². The maximum atomic E-state index is 13.0. The summed E-state index contributed by atoms with van der Waals surface area (Å²) in [5.74, 6) is 1.14. The molecule has 3 N–H and O–H groups in total. The highest BCUT2D eigenvalue weighted by atomic mass is 19.1. The topological polar surface area (TPSA) is 73.1 Å². The molecule has 1 aromatic heterocycles. The van der Waals surface area contributed by atoms with Crippen molar-refractivity contribution in [2.75, 3.05) is 11.1 Å². The predicted octanol–water partition coefficient (Wildman–Crippen LogP) is 4.76. The van der Waals surface area contributed by atoms with Gasteiger partial charge in [-0.25, -0.2) is 9.37 Å². The SMILES string of the molecule is Nc1c(NCc2ccc(F)cc2)ncnc1Oc1cccc2ccccc12. The molecule has 0 saturated carbocycles. The Balaban J connectivity index is 1.57. The van der Waals surface area contributed by atoms with Crippen molar-refractivity contribution in [3.63, 3.8) is 0 Å². The summed E-state index contributed by atoms with van der Waals surface area (Å²) in [5.41, 5.74) is 7.41. The van der Waals surface area contributed by atoms with Crippen molar-refractivity contribution in [3.05, 3.63) is 84.4 Å². The maximum absolute atomic E-state index is 13.0. The Hall–Kier alpha value is -3.67. The first-order valence-electron chi connectivity index (χ1n) is 8.45. The molecular formula is C21H17FN4O. The minimum absolute atomic E-state index is 0.272. The van der Waals surface area contributed by atoms with Crippen molar-refractivity contribution >= 4 is 22.3 Å². The van der Waals surface area contributed by atoms with Crippen molar-refractivity contribution in [1.82, 2.24) is 9.97 Å². The highest BCUT2D eigenvalue weighted by molar-refractivity contribution is 5.88. The van der Waals surface area contributed by atoms with E-state index in [2.05, 4.69) is 15.3 Å². The lowest BCUT2D eigenvalue weighted by molar-refractivity contribution is 0.470. The fraction of sp³-hybridized carbons (Fsp3) is 0.0476. The van der Waals surface area contributed by atoms with Crippen LogP contribution in [0.25, 0.3) is 10.8 Å². The van der Waals surface area contributed by atoms with Gasteiger partial charge in [-0.15, -0.1) is 0 Å². The van der Waals surface area contributed by atoms with Gasteiger partial charge < -0.3 is 15.8 Å². The zero-order valence-corrected chi connectivity index (χ0v) is 14.4. The number of nitrogens with two attached hydrogens (primary N) is 1. The first kappa shape index (κ1) is 16.8. The Bertz CT molecular complexity index is 1080. The molecule has 4 aromatic rings. The number of fused-ring (bicyclic) bond motifs is 1. The molecule has 0 atom stereocenters. The molecule has 0 unspecified atom stereocenters. The van der Waals surface area contributed by atoms with E-state index in [4.69, 9.17) is 10.5 Å². The summed E-state index contributed by atoms with van der Waals surface area (Å²) in [6.07, 6.45) is 1.39. The molecule has 3 aromatic carbocycles. The molecule has 27 heavy (non-hydrogen) atoms.